The second kappa shape index (κ2) is 7.42. The van der Waals surface area contributed by atoms with Crippen LogP contribution in [0, 0.1) is 17.3 Å². The van der Waals surface area contributed by atoms with E-state index in [-0.39, 0.29) is 29.3 Å². The van der Waals surface area contributed by atoms with Crippen molar-refractivity contribution in [1.29, 1.82) is 0 Å². The normalized spacial score (nSPS) is 35.4. The molecule has 0 aromatic heterocycles. The summed E-state index contributed by atoms with van der Waals surface area (Å²) in [7, 11) is 0. The van der Waals surface area contributed by atoms with Crippen molar-refractivity contribution >= 4 is 5.78 Å². The quantitative estimate of drug-likeness (QED) is 0.705. The van der Waals surface area contributed by atoms with Gasteiger partial charge in [-0.1, -0.05) is 50.6 Å². The van der Waals surface area contributed by atoms with Crippen LogP contribution in [0.3, 0.4) is 0 Å². The van der Waals surface area contributed by atoms with Crippen molar-refractivity contribution < 1.29 is 15.0 Å². The maximum absolute atomic E-state index is 12.1. The molecule has 5 atom stereocenters. The van der Waals surface area contributed by atoms with Gasteiger partial charge in [-0.15, -0.1) is 0 Å². The van der Waals surface area contributed by atoms with Gasteiger partial charge < -0.3 is 10.2 Å². The largest absolute Gasteiger partial charge is 0.395 e. The van der Waals surface area contributed by atoms with Gasteiger partial charge in [0.1, 0.15) is 0 Å². The van der Waals surface area contributed by atoms with E-state index >= 15 is 0 Å². The van der Waals surface area contributed by atoms with Gasteiger partial charge in [-0.2, -0.15) is 0 Å². The lowest BCUT2D eigenvalue weighted by molar-refractivity contribution is -0.114. The Bertz CT molecular complexity index is 951. The summed E-state index contributed by atoms with van der Waals surface area (Å²) >= 11 is 0. The summed E-state index contributed by atoms with van der Waals surface area (Å²) < 4.78 is 0. The number of benzene rings is 1. The second-order valence-electron chi connectivity index (χ2n) is 11.3. The zero-order valence-corrected chi connectivity index (χ0v) is 19.2. The summed E-state index contributed by atoms with van der Waals surface area (Å²) in [5.74, 6) is 1.65. The first-order chi connectivity index (χ1) is 14.7. The van der Waals surface area contributed by atoms with E-state index in [2.05, 4.69) is 45.0 Å². The second-order valence-corrected chi connectivity index (χ2v) is 11.3. The number of hydrogen-bond donors (Lipinski definition) is 2. The molecule has 166 valence electrons. The highest BCUT2D eigenvalue weighted by atomic mass is 16.3. The molecule has 3 nitrogen and oxygen atoms in total. The van der Waals surface area contributed by atoms with E-state index in [1.165, 1.54) is 16.7 Å². The molecule has 4 aliphatic rings. The Morgan fingerprint density at radius 3 is 2.52 bits per heavy atom. The molecule has 0 saturated heterocycles. The molecule has 2 fully saturated rings. The minimum absolute atomic E-state index is 0.0336. The number of aliphatic hydroxyl groups excluding tert-OH is 2. The summed E-state index contributed by atoms with van der Waals surface area (Å²) in [6.07, 6.45) is 8.35. The smallest absolute Gasteiger partial charge is 0.156 e. The molecule has 5 unspecified atom stereocenters. The highest BCUT2D eigenvalue weighted by molar-refractivity contribution is 5.93. The zero-order chi connectivity index (χ0) is 22.0. The zero-order valence-electron chi connectivity index (χ0n) is 19.2. The average molecular weight is 421 g/mol. The first-order valence-corrected chi connectivity index (χ1v) is 12.1. The number of rotatable bonds is 3. The first-order valence-electron chi connectivity index (χ1n) is 12.1. The van der Waals surface area contributed by atoms with E-state index in [1.807, 2.05) is 6.08 Å². The molecular formula is C28H36O3. The van der Waals surface area contributed by atoms with Crippen LogP contribution in [0.1, 0.15) is 82.8 Å². The van der Waals surface area contributed by atoms with Crippen molar-refractivity contribution in [3.8, 4) is 0 Å². The van der Waals surface area contributed by atoms with Gasteiger partial charge in [0.15, 0.2) is 5.78 Å². The maximum atomic E-state index is 12.1. The van der Waals surface area contributed by atoms with Crippen LogP contribution in [0.15, 0.2) is 47.1 Å². The molecule has 1 aromatic carbocycles. The van der Waals surface area contributed by atoms with Crippen molar-refractivity contribution in [3.63, 3.8) is 0 Å². The molecule has 3 heteroatoms. The monoisotopic (exact) mass is 420 g/mol. The van der Waals surface area contributed by atoms with Gasteiger partial charge in [0.25, 0.3) is 0 Å². The van der Waals surface area contributed by atoms with Crippen LogP contribution < -0.4 is 0 Å². The Morgan fingerprint density at radius 2 is 1.81 bits per heavy atom. The molecule has 2 saturated carbocycles. The standard InChI is InChI=1S/C28H36O3/c1-27(2,16-29)19-7-4-17(5-8-19)23-15-28(3)24(12-13-25(28)31)22-10-6-18-14-20(30)9-11-21(18)26(22)23/h4-5,7-8,14,22-25,29,31H,6,9-13,15-16H2,1-3H3. The van der Waals surface area contributed by atoms with E-state index in [1.54, 1.807) is 5.57 Å². The molecule has 1 aromatic rings. The van der Waals surface area contributed by atoms with Crippen LogP contribution in [0.2, 0.25) is 0 Å². The number of hydrogen-bond acceptors (Lipinski definition) is 3. The van der Waals surface area contributed by atoms with Crippen molar-refractivity contribution in [1.82, 2.24) is 0 Å². The van der Waals surface area contributed by atoms with Gasteiger partial charge in [0, 0.05) is 17.8 Å². The van der Waals surface area contributed by atoms with Crippen LogP contribution in [-0.4, -0.2) is 28.7 Å². The predicted octanol–water partition coefficient (Wildman–Crippen LogP) is 5.22. The number of allylic oxidation sites excluding steroid dienone is 4. The Labute approximate surface area is 186 Å². The van der Waals surface area contributed by atoms with Crippen molar-refractivity contribution in [2.45, 2.75) is 83.2 Å². The molecule has 4 aliphatic carbocycles. The summed E-state index contributed by atoms with van der Waals surface area (Å²) in [6, 6.07) is 8.85. The summed E-state index contributed by atoms with van der Waals surface area (Å²) in [4.78, 5) is 12.1. The molecule has 0 spiro atoms. The SMILES string of the molecule is CC(C)(CO)c1ccc(C2CC3(C)C(O)CCC3C3CCC4=CC(=O)CCC4=C23)cc1. The lowest BCUT2D eigenvalue weighted by atomic mass is 9.53. The highest BCUT2D eigenvalue weighted by Gasteiger charge is 2.56. The number of carbonyl (C=O) groups excluding carboxylic acids is 1. The topological polar surface area (TPSA) is 57.5 Å². The fourth-order valence-corrected chi connectivity index (χ4v) is 7.19. The van der Waals surface area contributed by atoms with Gasteiger partial charge in [-0.3, -0.25) is 4.79 Å². The number of carbonyl (C=O) groups is 1. The van der Waals surface area contributed by atoms with Crippen LogP contribution >= 0.6 is 0 Å². The minimum Gasteiger partial charge on any atom is -0.395 e. The molecule has 0 bridgehead atoms. The highest BCUT2D eigenvalue weighted by Crippen LogP contribution is 2.63. The summed E-state index contributed by atoms with van der Waals surface area (Å²) in [5, 5.41) is 20.8. The molecule has 0 aliphatic heterocycles. The Morgan fingerprint density at radius 1 is 1.06 bits per heavy atom. The molecule has 5 rings (SSSR count). The van der Waals surface area contributed by atoms with Crippen LogP contribution in [0.5, 0.6) is 0 Å². The first kappa shape index (κ1) is 21.2. The molecule has 2 N–H and O–H groups in total. The Kier molecular flexibility index (Phi) is 5.06. The van der Waals surface area contributed by atoms with Crippen molar-refractivity contribution in [2.75, 3.05) is 6.61 Å². The van der Waals surface area contributed by atoms with Crippen molar-refractivity contribution in [3.05, 3.63) is 58.2 Å². The van der Waals surface area contributed by atoms with E-state index < -0.39 is 0 Å². The molecular weight excluding hydrogens is 384 g/mol. The minimum atomic E-state index is -0.251. The van der Waals surface area contributed by atoms with Gasteiger partial charge >= 0.3 is 0 Å². The number of fused-ring (bicyclic) bond motifs is 4. The molecule has 0 radical (unpaired) electrons. The molecule has 31 heavy (non-hydrogen) atoms. The molecule has 0 heterocycles. The third kappa shape index (κ3) is 3.27. The maximum Gasteiger partial charge on any atom is 0.156 e. The van der Waals surface area contributed by atoms with Gasteiger partial charge in [-0.25, -0.2) is 0 Å². The van der Waals surface area contributed by atoms with E-state index in [0.29, 0.717) is 24.2 Å². The van der Waals surface area contributed by atoms with E-state index in [0.717, 1.165) is 44.1 Å². The molecule has 0 amide bonds. The lowest BCUT2D eigenvalue weighted by Crippen LogP contribution is -2.45. The van der Waals surface area contributed by atoms with Gasteiger partial charge in [0.05, 0.1) is 12.7 Å². The fourth-order valence-electron chi connectivity index (χ4n) is 7.19. The van der Waals surface area contributed by atoms with E-state index in [4.69, 9.17) is 0 Å². The van der Waals surface area contributed by atoms with Gasteiger partial charge in [0.2, 0.25) is 0 Å². The fraction of sp³-hybridized carbons (Fsp3) is 0.607. The third-order valence-corrected chi connectivity index (χ3v) is 9.17. The average Bonchev–Trinajstić information content (AvgIpc) is 3.07. The van der Waals surface area contributed by atoms with Crippen LogP contribution in [0.4, 0.5) is 0 Å². The summed E-state index contributed by atoms with van der Waals surface area (Å²) in [5.41, 5.74) is 6.52. The number of ketones is 1. The predicted molar refractivity (Wildman–Crippen MR) is 123 cm³/mol. The Hall–Kier alpha value is -1.71. The summed E-state index contributed by atoms with van der Waals surface area (Å²) in [6.45, 7) is 6.59. The van der Waals surface area contributed by atoms with Gasteiger partial charge in [-0.05, 0) is 84.1 Å². The van der Waals surface area contributed by atoms with Crippen LogP contribution in [0.25, 0.3) is 0 Å². The Balaban J connectivity index is 1.62. The van der Waals surface area contributed by atoms with Crippen molar-refractivity contribution in [2.24, 2.45) is 17.3 Å². The third-order valence-electron chi connectivity index (χ3n) is 9.17. The van der Waals surface area contributed by atoms with E-state index in [9.17, 15) is 15.0 Å². The lowest BCUT2D eigenvalue weighted by Gasteiger charge is -2.52. The van der Waals surface area contributed by atoms with Crippen LogP contribution in [-0.2, 0) is 10.2 Å². The number of aliphatic hydroxyl groups is 2.